The van der Waals surface area contributed by atoms with Gasteiger partial charge in [-0.1, -0.05) is 11.6 Å². The lowest BCUT2D eigenvalue weighted by Gasteiger charge is -2.25. The number of hydrogen-bond acceptors (Lipinski definition) is 5. The number of benzene rings is 2. The summed E-state index contributed by atoms with van der Waals surface area (Å²) in [7, 11) is 3.18. The van der Waals surface area contributed by atoms with Gasteiger partial charge >= 0.3 is 5.97 Å². The quantitative estimate of drug-likeness (QED) is 0.467. The summed E-state index contributed by atoms with van der Waals surface area (Å²) in [6, 6.07) is 11.6. The van der Waals surface area contributed by atoms with Crippen molar-refractivity contribution in [3.8, 4) is 11.5 Å². The Balaban J connectivity index is 1.61. The standard InChI is InChI=1S/C24H26ClNO5/c1-15(27)16-4-6-17(7-5-16)24(29)31-19-10-8-18(9-11-19)26(2)23(28)21-13-12-20(30-3)14-22(21)25/h8-14,16-17H,4-7H2,1-3H3. The van der Waals surface area contributed by atoms with E-state index in [9.17, 15) is 14.4 Å². The number of methoxy groups -OCH3 is 1. The van der Waals surface area contributed by atoms with Crippen LogP contribution in [0.15, 0.2) is 42.5 Å². The number of nitrogens with zero attached hydrogens (tertiary/aromatic N) is 1. The zero-order valence-corrected chi connectivity index (χ0v) is 18.6. The molecule has 0 saturated heterocycles. The second-order valence-electron chi connectivity index (χ2n) is 7.78. The second kappa shape index (κ2) is 9.96. The normalized spacial score (nSPS) is 18.2. The first-order valence-corrected chi connectivity index (χ1v) is 10.6. The van der Waals surface area contributed by atoms with Crippen molar-refractivity contribution >= 4 is 34.9 Å². The number of esters is 1. The van der Waals surface area contributed by atoms with Crippen molar-refractivity contribution in [2.75, 3.05) is 19.1 Å². The number of carbonyl (C=O) groups excluding carboxylic acids is 3. The van der Waals surface area contributed by atoms with E-state index in [0.717, 1.165) is 12.8 Å². The fourth-order valence-electron chi connectivity index (χ4n) is 3.77. The molecule has 0 bridgehead atoms. The number of carbonyl (C=O) groups is 3. The number of ether oxygens (including phenoxy) is 2. The molecule has 0 unspecified atom stereocenters. The summed E-state index contributed by atoms with van der Waals surface area (Å²) in [6.45, 7) is 1.61. The first-order valence-electron chi connectivity index (χ1n) is 10.2. The molecule has 0 aliphatic heterocycles. The van der Waals surface area contributed by atoms with Crippen molar-refractivity contribution in [3.05, 3.63) is 53.1 Å². The predicted octanol–water partition coefficient (Wildman–Crippen LogP) is 4.93. The van der Waals surface area contributed by atoms with Gasteiger partial charge in [0.2, 0.25) is 0 Å². The highest BCUT2D eigenvalue weighted by atomic mass is 35.5. The van der Waals surface area contributed by atoms with Crippen LogP contribution in [-0.2, 0) is 9.59 Å². The minimum atomic E-state index is -0.274. The Hall–Kier alpha value is -2.86. The molecule has 1 amide bonds. The van der Waals surface area contributed by atoms with Gasteiger partial charge in [0, 0.05) is 18.7 Å². The third kappa shape index (κ3) is 5.44. The molecular formula is C24H26ClNO5. The van der Waals surface area contributed by atoms with E-state index in [4.69, 9.17) is 21.1 Å². The van der Waals surface area contributed by atoms with Crippen LogP contribution in [0.2, 0.25) is 5.02 Å². The van der Waals surface area contributed by atoms with Crippen LogP contribution in [0.4, 0.5) is 5.69 Å². The summed E-state index contributed by atoms with van der Waals surface area (Å²) >= 11 is 6.21. The van der Waals surface area contributed by atoms with E-state index in [0.29, 0.717) is 40.6 Å². The Morgan fingerprint density at radius 1 is 0.935 bits per heavy atom. The molecule has 1 saturated carbocycles. The van der Waals surface area contributed by atoms with E-state index in [1.54, 1.807) is 56.4 Å². The Labute approximate surface area is 187 Å². The van der Waals surface area contributed by atoms with Crippen molar-refractivity contribution in [2.24, 2.45) is 11.8 Å². The highest BCUT2D eigenvalue weighted by Crippen LogP contribution is 2.31. The Bertz CT molecular complexity index is 964. The Morgan fingerprint density at radius 2 is 1.52 bits per heavy atom. The van der Waals surface area contributed by atoms with Gasteiger partial charge < -0.3 is 14.4 Å². The van der Waals surface area contributed by atoms with Crippen LogP contribution < -0.4 is 14.4 Å². The zero-order valence-electron chi connectivity index (χ0n) is 17.9. The lowest BCUT2D eigenvalue weighted by Crippen LogP contribution is -2.28. The molecule has 2 aromatic rings. The van der Waals surface area contributed by atoms with Gasteiger partial charge in [-0.25, -0.2) is 0 Å². The van der Waals surface area contributed by atoms with Crippen LogP contribution in [0.3, 0.4) is 0 Å². The fraction of sp³-hybridized carbons (Fsp3) is 0.375. The molecular weight excluding hydrogens is 418 g/mol. The van der Waals surface area contributed by atoms with Crippen molar-refractivity contribution in [3.63, 3.8) is 0 Å². The maximum atomic E-state index is 12.8. The van der Waals surface area contributed by atoms with Crippen molar-refractivity contribution < 1.29 is 23.9 Å². The molecule has 0 aromatic heterocycles. The van der Waals surface area contributed by atoms with Crippen LogP contribution in [0.1, 0.15) is 43.0 Å². The zero-order chi connectivity index (χ0) is 22.5. The molecule has 0 radical (unpaired) electrons. The average Bonchev–Trinajstić information content (AvgIpc) is 2.78. The van der Waals surface area contributed by atoms with Crippen molar-refractivity contribution in [2.45, 2.75) is 32.6 Å². The summed E-state index contributed by atoms with van der Waals surface area (Å²) in [5.74, 6) is 0.532. The summed E-state index contributed by atoms with van der Waals surface area (Å²) in [6.07, 6.45) is 2.80. The number of rotatable bonds is 6. The molecule has 0 N–H and O–H groups in total. The number of hydrogen-bond donors (Lipinski definition) is 0. The summed E-state index contributed by atoms with van der Waals surface area (Å²) in [5.41, 5.74) is 1.00. The summed E-state index contributed by atoms with van der Waals surface area (Å²) in [4.78, 5) is 38.2. The van der Waals surface area contributed by atoms with Crippen LogP contribution >= 0.6 is 11.6 Å². The molecule has 1 aliphatic carbocycles. The van der Waals surface area contributed by atoms with Gasteiger partial charge in [0.15, 0.2) is 0 Å². The molecule has 1 fully saturated rings. The highest BCUT2D eigenvalue weighted by molar-refractivity contribution is 6.34. The number of anilines is 1. The van der Waals surface area contributed by atoms with E-state index in [1.807, 2.05) is 0 Å². The van der Waals surface area contributed by atoms with Crippen LogP contribution in [0, 0.1) is 11.8 Å². The predicted molar refractivity (Wildman–Crippen MR) is 119 cm³/mol. The maximum Gasteiger partial charge on any atom is 0.314 e. The van der Waals surface area contributed by atoms with E-state index in [-0.39, 0.29) is 29.5 Å². The molecule has 164 valence electrons. The van der Waals surface area contributed by atoms with Gasteiger partial charge in [0.25, 0.3) is 5.91 Å². The van der Waals surface area contributed by atoms with Gasteiger partial charge in [-0.05, 0) is 75.1 Å². The molecule has 1 aliphatic rings. The largest absolute Gasteiger partial charge is 0.497 e. The maximum absolute atomic E-state index is 12.8. The van der Waals surface area contributed by atoms with E-state index in [2.05, 4.69) is 0 Å². The third-order valence-corrected chi connectivity index (χ3v) is 6.10. The lowest BCUT2D eigenvalue weighted by atomic mass is 9.80. The van der Waals surface area contributed by atoms with Gasteiger partial charge in [0.05, 0.1) is 23.6 Å². The van der Waals surface area contributed by atoms with Crippen LogP contribution in [0.5, 0.6) is 11.5 Å². The molecule has 7 heteroatoms. The summed E-state index contributed by atoms with van der Waals surface area (Å²) < 4.78 is 10.6. The number of halogens is 1. The number of ketones is 1. The van der Waals surface area contributed by atoms with Gasteiger partial charge in [-0.15, -0.1) is 0 Å². The molecule has 6 nitrogen and oxygen atoms in total. The minimum Gasteiger partial charge on any atom is -0.497 e. The molecule has 0 spiro atoms. The first kappa shape index (κ1) is 22.8. The number of amides is 1. The molecule has 3 rings (SSSR count). The smallest absolute Gasteiger partial charge is 0.314 e. The summed E-state index contributed by atoms with van der Waals surface area (Å²) in [5, 5.41) is 0.307. The third-order valence-electron chi connectivity index (χ3n) is 5.79. The van der Waals surface area contributed by atoms with Crippen molar-refractivity contribution in [1.82, 2.24) is 0 Å². The topological polar surface area (TPSA) is 72.9 Å². The fourth-order valence-corrected chi connectivity index (χ4v) is 4.02. The molecule has 31 heavy (non-hydrogen) atoms. The SMILES string of the molecule is COc1ccc(C(=O)N(C)c2ccc(OC(=O)C3CCC(C(C)=O)CC3)cc2)c(Cl)c1. The highest BCUT2D eigenvalue weighted by Gasteiger charge is 2.29. The number of Topliss-reactive ketones (excluding diaryl/α,β-unsaturated/α-hetero) is 1. The minimum absolute atomic E-state index is 0.0654. The van der Waals surface area contributed by atoms with Crippen LogP contribution in [-0.4, -0.2) is 31.8 Å². The van der Waals surface area contributed by atoms with Gasteiger partial charge in [-0.3, -0.25) is 14.4 Å². The van der Waals surface area contributed by atoms with Gasteiger partial charge in [-0.2, -0.15) is 0 Å². The van der Waals surface area contributed by atoms with E-state index in [1.165, 1.54) is 12.0 Å². The van der Waals surface area contributed by atoms with Crippen molar-refractivity contribution in [1.29, 1.82) is 0 Å². The van der Waals surface area contributed by atoms with E-state index < -0.39 is 0 Å². The monoisotopic (exact) mass is 443 g/mol. The second-order valence-corrected chi connectivity index (χ2v) is 8.19. The lowest BCUT2D eigenvalue weighted by molar-refractivity contribution is -0.141. The van der Waals surface area contributed by atoms with Crippen LogP contribution in [0.25, 0.3) is 0 Å². The first-order chi connectivity index (χ1) is 14.8. The molecule has 2 aromatic carbocycles. The van der Waals surface area contributed by atoms with E-state index >= 15 is 0 Å². The Morgan fingerprint density at radius 3 is 2.06 bits per heavy atom. The molecule has 0 atom stereocenters. The average molecular weight is 444 g/mol. The Kier molecular flexibility index (Phi) is 7.33. The van der Waals surface area contributed by atoms with Gasteiger partial charge in [0.1, 0.15) is 17.3 Å². The molecule has 0 heterocycles.